The lowest BCUT2D eigenvalue weighted by Crippen LogP contribution is -2.24. The van der Waals surface area contributed by atoms with Crippen molar-refractivity contribution in [2.75, 3.05) is 0 Å². The van der Waals surface area contributed by atoms with E-state index >= 15 is 0 Å². The summed E-state index contributed by atoms with van der Waals surface area (Å²) < 4.78 is 0. The van der Waals surface area contributed by atoms with E-state index < -0.39 is 5.60 Å². The van der Waals surface area contributed by atoms with Gasteiger partial charge in [-0.2, -0.15) is 0 Å². The molecule has 0 aromatic carbocycles. The van der Waals surface area contributed by atoms with E-state index in [4.69, 9.17) is 10.4 Å². The molecule has 5 nitrogen and oxygen atoms in total. The zero-order chi connectivity index (χ0) is 8.74. The van der Waals surface area contributed by atoms with Crippen LogP contribution in [0.2, 0.25) is 0 Å². The van der Waals surface area contributed by atoms with Crippen molar-refractivity contribution in [3.8, 4) is 0 Å². The van der Waals surface area contributed by atoms with Gasteiger partial charge in [0, 0.05) is 25.3 Å². The molecular weight excluding hydrogens is 148 g/mol. The molecule has 0 atom stereocenters. The van der Waals surface area contributed by atoms with Gasteiger partial charge in [0.25, 0.3) is 0 Å². The first-order chi connectivity index (χ1) is 5.12. The molecule has 0 unspecified atom stereocenters. The average molecular weight is 160 g/mol. The van der Waals surface area contributed by atoms with Crippen molar-refractivity contribution >= 4 is 12.4 Å². The molecule has 0 bridgehead atoms. The maximum Gasteiger partial charge on any atom is 0.0720 e. The van der Waals surface area contributed by atoms with Gasteiger partial charge in [-0.05, 0) is 6.92 Å². The highest BCUT2D eigenvalue weighted by Gasteiger charge is 2.17. The Morgan fingerprint density at radius 1 is 1.18 bits per heavy atom. The molecule has 0 spiro atoms. The number of oxime groups is 2. The van der Waals surface area contributed by atoms with E-state index in [2.05, 4.69) is 10.3 Å². The van der Waals surface area contributed by atoms with Gasteiger partial charge < -0.3 is 15.5 Å². The lowest BCUT2D eigenvalue weighted by molar-refractivity contribution is 0.0764. The van der Waals surface area contributed by atoms with Gasteiger partial charge in [0.15, 0.2) is 0 Å². The monoisotopic (exact) mass is 160 g/mol. The van der Waals surface area contributed by atoms with E-state index in [1.165, 1.54) is 12.4 Å². The molecule has 0 fully saturated rings. The zero-order valence-electron chi connectivity index (χ0n) is 6.30. The van der Waals surface area contributed by atoms with Crippen LogP contribution >= 0.6 is 0 Å². The summed E-state index contributed by atoms with van der Waals surface area (Å²) in [5, 5.41) is 30.9. The molecule has 0 aromatic rings. The summed E-state index contributed by atoms with van der Waals surface area (Å²) in [6.45, 7) is 1.55. The van der Waals surface area contributed by atoms with Gasteiger partial charge in [0.1, 0.15) is 0 Å². The first-order valence-corrected chi connectivity index (χ1v) is 3.16. The molecule has 64 valence electrons. The Kier molecular flexibility index (Phi) is 4.21. The van der Waals surface area contributed by atoms with Crippen LogP contribution in [0.25, 0.3) is 0 Å². The highest BCUT2D eigenvalue weighted by atomic mass is 16.4. The van der Waals surface area contributed by atoms with Gasteiger partial charge in [-0.15, -0.1) is 10.3 Å². The second-order valence-electron chi connectivity index (χ2n) is 2.50. The summed E-state index contributed by atoms with van der Waals surface area (Å²) in [7, 11) is 0. The molecule has 0 rings (SSSR count). The predicted octanol–water partition coefficient (Wildman–Crippen LogP) is 0.438. The summed E-state index contributed by atoms with van der Waals surface area (Å²) >= 11 is 0. The summed E-state index contributed by atoms with van der Waals surface area (Å²) in [4.78, 5) is 0. The maximum atomic E-state index is 9.37. The van der Waals surface area contributed by atoms with Gasteiger partial charge in [0.2, 0.25) is 0 Å². The van der Waals surface area contributed by atoms with Crippen molar-refractivity contribution in [3.05, 3.63) is 0 Å². The second kappa shape index (κ2) is 4.68. The molecule has 5 heteroatoms. The van der Waals surface area contributed by atoms with Crippen LogP contribution in [-0.2, 0) is 0 Å². The fraction of sp³-hybridized carbons (Fsp3) is 0.667. The Balaban J connectivity index is 3.78. The number of aliphatic hydroxyl groups is 1. The van der Waals surface area contributed by atoms with Crippen LogP contribution in [0.1, 0.15) is 19.8 Å². The van der Waals surface area contributed by atoms with Crippen LogP contribution < -0.4 is 0 Å². The molecule has 0 saturated carbocycles. The molecule has 0 aliphatic heterocycles. The summed E-state index contributed by atoms with van der Waals surface area (Å²) in [6.07, 6.45) is 2.81. The Morgan fingerprint density at radius 3 is 1.82 bits per heavy atom. The van der Waals surface area contributed by atoms with E-state index in [-0.39, 0.29) is 12.8 Å². The zero-order valence-corrected chi connectivity index (χ0v) is 6.30. The lowest BCUT2D eigenvalue weighted by atomic mass is 10.00. The number of hydrogen-bond acceptors (Lipinski definition) is 5. The van der Waals surface area contributed by atoms with Gasteiger partial charge in [0.05, 0.1) is 5.60 Å². The normalized spacial score (nSPS) is 17.6. The third-order valence-corrected chi connectivity index (χ3v) is 1.23. The standard InChI is InChI=1S/C6H12N2O3/c1-6(9,2-4-7-10)3-5-8-11/h4-5,9-11H,2-3H2,1H3. The van der Waals surface area contributed by atoms with Gasteiger partial charge >= 0.3 is 0 Å². The SMILES string of the molecule is CC(O)(CC=NO)CC=NO. The number of nitrogens with zero attached hydrogens (tertiary/aromatic N) is 2. The Morgan fingerprint density at radius 2 is 1.55 bits per heavy atom. The van der Waals surface area contributed by atoms with Crippen molar-refractivity contribution in [1.82, 2.24) is 0 Å². The van der Waals surface area contributed by atoms with Crippen LogP contribution in [-0.4, -0.2) is 33.6 Å². The van der Waals surface area contributed by atoms with Crippen molar-refractivity contribution in [1.29, 1.82) is 0 Å². The van der Waals surface area contributed by atoms with Crippen molar-refractivity contribution in [2.45, 2.75) is 25.4 Å². The van der Waals surface area contributed by atoms with Gasteiger partial charge in [-0.3, -0.25) is 0 Å². The maximum absolute atomic E-state index is 9.37. The molecule has 0 aliphatic carbocycles. The third-order valence-electron chi connectivity index (χ3n) is 1.23. The van der Waals surface area contributed by atoms with E-state index in [1.54, 1.807) is 6.92 Å². The van der Waals surface area contributed by atoms with E-state index in [0.717, 1.165) is 0 Å². The van der Waals surface area contributed by atoms with Gasteiger partial charge in [-0.25, -0.2) is 0 Å². The molecule has 0 radical (unpaired) electrons. The van der Waals surface area contributed by atoms with Crippen LogP contribution in [0.5, 0.6) is 0 Å². The second-order valence-corrected chi connectivity index (χ2v) is 2.50. The third kappa shape index (κ3) is 5.35. The highest BCUT2D eigenvalue weighted by molar-refractivity contribution is 5.62. The molecule has 0 amide bonds. The predicted molar refractivity (Wildman–Crippen MR) is 40.4 cm³/mol. The molecule has 0 aromatic heterocycles. The number of hydrogen-bond donors (Lipinski definition) is 3. The van der Waals surface area contributed by atoms with Crippen molar-refractivity contribution in [2.24, 2.45) is 10.3 Å². The lowest BCUT2D eigenvalue weighted by Gasteiger charge is -2.17. The first kappa shape index (κ1) is 9.90. The quantitative estimate of drug-likeness (QED) is 0.317. The largest absolute Gasteiger partial charge is 0.411 e. The highest BCUT2D eigenvalue weighted by Crippen LogP contribution is 2.10. The topological polar surface area (TPSA) is 85.4 Å². The molecule has 11 heavy (non-hydrogen) atoms. The molecule has 0 heterocycles. The first-order valence-electron chi connectivity index (χ1n) is 3.16. The minimum Gasteiger partial charge on any atom is -0.411 e. The van der Waals surface area contributed by atoms with Crippen LogP contribution in [0, 0.1) is 0 Å². The summed E-state index contributed by atoms with van der Waals surface area (Å²) in [5.74, 6) is 0. The average Bonchev–Trinajstić information content (AvgIpc) is 1.97. The fourth-order valence-electron chi connectivity index (χ4n) is 0.558. The minimum absolute atomic E-state index is 0.218. The Hall–Kier alpha value is -1.10. The summed E-state index contributed by atoms with van der Waals surface area (Å²) in [6, 6.07) is 0. The Labute approximate surface area is 64.6 Å². The summed E-state index contributed by atoms with van der Waals surface area (Å²) in [5.41, 5.74) is -1.02. The van der Waals surface area contributed by atoms with Crippen molar-refractivity contribution in [3.63, 3.8) is 0 Å². The smallest absolute Gasteiger partial charge is 0.0720 e. The molecule has 0 aliphatic rings. The van der Waals surface area contributed by atoms with Crippen molar-refractivity contribution < 1.29 is 15.5 Å². The van der Waals surface area contributed by atoms with Gasteiger partial charge in [-0.1, -0.05) is 0 Å². The number of rotatable bonds is 4. The molecular formula is C6H12N2O3. The van der Waals surface area contributed by atoms with E-state index in [0.29, 0.717) is 0 Å². The van der Waals surface area contributed by atoms with E-state index in [1.807, 2.05) is 0 Å². The Bertz CT molecular complexity index is 138. The fourth-order valence-corrected chi connectivity index (χ4v) is 0.558. The van der Waals surface area contributed by atoms with E-state index in [9.17, 15) is 5.11 Å². The van der Waals surface area contributed by atoms with Crippen LogP contribution in [0.3, 0.4) is 0 Å². The minimum atomic E-state index is -1.02. The molecule has 3 N–H and O–H groups in total. The van der Waals surface area contributed by atoms with Crippen LogP contribution in [0.4, 0.5) is 0 Å². The van der Waals surface area contributed by atoms with Crippen LogP contribution in [0.15, 0.2) is 10.3 Å². The molecule has 0 saturated heterocycles.